The highest BCUT2D eigenvalue weighted by atomic mass is 15.1. The van der Waals surface area contributed by atoms with Crippen molar-refractivity contribution in [2.75, 3.05) is 0 Å². The fraction of sp³-hybridized carbons (Fsp3) is 0.667. The normalized spacial score (nSPS) is 32.1. The van der Waals surface area contributed by atoms with Gasteiger partial charge in [-0.15, -0.1) is 0 Å². The van der Waals surface area contributed by atoms with E-state index in [9.17, 15) is 0 Å². The number of nitrogens with one attached hydrogen (secondary N) is 2. The van der Waals surface area contributed by atoms with Crippen LogP contribution in [0.5, 0.6) is 0 Å². The Morgan fingerprint density at radius 1 is 1.42 bits per heavy atom. The van der Waals surface area contributed by atoms with Crippen LogP contribution in [-0.4, -0.2) is 16.2 Å². The molecule has 2 bridgehead atoms. The van der Waals surface area contributed by atoms with Gasteiger partial charge in [0.1, 0.15) is 0 Å². The molecular formula is C9H13N3. The lowest BCUT2D eigenvalue weighted by Gasteiger charge is -2.20. The van der Waals surface area contributed by atoms with Crippen molar-refractivity contribution in [2.24, 2.45) is 0 Å². The van der Waals surface area contributed by atoms with Crippen LogP contribution in [0.1, 0.15) is 35.8 Å². The van der Waals surface area contributed by atoms with Gasteiger partial charge in [-0.25, -0.2) is 0 Å². The Kier molecular flexibility index (Phi) is 1.17. The summed E-state index contributed by atoms with van der Waals surface area (Å²) >= 11 is 0. The number of fused-ring (bicyclic) bond motifs is 4. The maximum atomic E-state index is 4.33. The number of hydrogen-bond acceptors (Lipinski definition) is 2. The van der Waals surface area contributed by atoms with E-state index in [-0.39, 0.29) is 0 Å². The monoisotopic (exact) mass is 163 g/mol. The fourth-order valence-electron chi connectivity index (χ4n) is 2.55. The summed E-state index contributed by atoms with van der Waals surface area (Å²) in [6, 6.07) is 1.29. The van der Waals surface area contributed by atoms with E-state index in [0.717, 1.165) is 6.42 Å². The Labute approximate surface area is 71.6 Å². The second kappa shape index (κ2) is 2.10. The van der Waals surface area contributed by atoms with Gasteiger partial charge in [0.2, 0.25) is 0 Å². The van der Waals surface area contributed by atoms with Crippen molar-refractivity contribution in [3.05, 3.63) is 17.0 Å². The van der Waals surface area contributed by atoms with Gasteiger partial charge in [-0.2, -0.15) is 5.10 Å². The third kappa shape index (κ3) is 0.719. The number of hydrogen-bond donors (Lipinski definition) is 2. The molecule has 1 aromatic heterocycles. The average Bonchev–Trinajstić information content (AvgIpc) is 2.59. The molecule has 0 spiro atoms. The highest BCUT2D eigenvalue weighted by Crippen LogP contribution is 2.36. The van der Waals surface area contributed by atoms with E-state index >= 15 is 0 Å². The third-order valence-electron chi connectivity index (χ3n) is 3.10. The number of aromatic amines is 1. The van der Waals surface area contributed by atoms with Crippen LogP contribution in [0.4, 0.5) is 0 Å². The van der Waals surface area contributed by atoms with E-state index in [1.807, 2.05) is 0 Å². The number of aromatic nitrogens is 2. The topological polar surface area (TPSA) is 40.7 Å². The van der Waals surface area contributed by atoms with Crippen molar-refractivity contribution >= 4 is 0 Å². The summed E-state index contributed by atoms with van der Waals surface area (Å²) < 4.78 is 0. The molecule has 0 aliphatic carbocycles. The number of aryl methyl sites for hydroxylation is 1. The van der Waals surface area contributed by atoms with E-state index in [2.05, 4.69) is 22.4 Å². The van der Waals surface area contributed by atoms with Gasteiger partial charge in [-0.3, -0.25) is 5.10 Å². The van der Waals surface area contributed by atoms with E-state index in [1.165, 1.54) is 29.8 Å². The molecule has 1 aromatic rings. The standard InChI is InChI=1S/C9H13N3/c1-5-9-7-3-2-6(10-7)4-8(9)12-11-5/h6-7,10H,2-4H2,1H3,(H,11,12)/t6-,7+/m0/s1. The first-order chi connectivity index (χ1) is 5.84. The van der Waals surface area contributed by atoms with Crippen LogP contribution in [0, 0.1) is 6.92 Å². The van der Waals surface area contributed by atoms with Crippen LogP contribution in [0.25, 0.3) is 0 Å². The van der Waals surface area contributed by atoms with Gasteiger partial charge in [0, 0.05) is 29.8 Å². The molecule has 0 amide bonds. The molecule has 0 unspecified atom stereocenters. The molecule has 2 aliphatic rings. The lowest BCUT2D eigenvalue weighted by Crippen LogP contribution is -2.31. The highest BCUT2D eigenvalue weighted by molar-refractivity contribution is 5.33. The predicted molar refractivity (Wildman–Crippen MR) is 45.9 cm³/mol. The largest absolute Gasteiger partial charge is 0.307 e. The molecule has 3 nitrogen and oxygen atoms in total. The Bertz CT molecular complexity index is 316. The lowest BCUT2D eigenvalue weighted by atomic mass is 10.0. The summed E-state index contributed by atoms with van der Waals surface area (Å²) in [7, 11) is 0. The number of nitrogens with zero attached hydrogens (tertiary/aromatic N) is 1. The molecule has 3 heteroatoms. The van der Waals surface area contributed by atoms with Gasteiger partial charge in [-0.05, 0) is 19.8 Å². The SMILES string of the molecule is Cc1[nH]nc2c1[C@H]1CC[C@@H](C2)N1. The molecule has 64 valence electrons. The maximum absolute atomic E-state index is 4.33. The fourth-order valence-corrected chi connectivity index (χ4v) is 2.55. The lowest BCUT2D eigenvalue weighted by molar-refractivity contribution is 0.510. The van der Waals surface area contributed by atoms with Crippen LogP contribution >= 0.6 is 0 Å². The summed E-state index contributed by atoms with van der Waals surface area (Å²) in [5, 5.41) is 11.0. The molecule has 2 aliphatic heterocycles. The van der Waals surface area contributed by atoms with Crippen molar-refractivity contribution in [1.29, 1.82) is 0 Å². The first kappa shape index (κ1) is 6.66. The van der Waals surface area contributed by atoms with Crippen molar-refractivity contribution in [3.63, 3.8) is 0 Å². The zero-order valence-corrected chi connectivity index (χ0v) is 7.22. The van der Waals surface area contributed by atoms with Gasteiger partial charge in [0.25, 0.3) is 0 Å². The van der Waals surface area contributed by atoms with Crippen LogP contribution in [-0.2, 0) is 6.42 Å². The second-order valence-corrected chi connectivity index (χ2v) is 3.91. The minimum absolute atomic E-state index is 0.595. The van der Waals surface area contributed by atoms with Gasteiger partial charge in [-0.1, -0.05) is 0 Å². The molecule has 3 rings (SSSR count). The second-order valence-electron chi connectivity index (χ2n) is 3.91. The zero-order valence-electron chi connectivity index (χ0n) is 7.22. The van der Waals surface area contributed by atoms with Gasteiger partial charge in [0.15, 0.2) is 0 Å². The number of rotatable bonds is 0. The van der Waals surface area contributed by atoms with Crippen LogP contribution in [0.15, 0.2) is 0 Å². The summed E-state index contributed by atoms with van der Waals surface area (Å²) in [5.41, 5.74) is 4.00. The number of H-pyrrole nitrogens is 1. The summed E-state index contributed by atoms with van der Waals surface area (Å²) in [4.78, 5) is 0. The summed E-state index contributed by atoms with van der Waals surface area (Å²) in [6.45, 7) is 2.12. The van der Waals surface area contributed by atoms with Crippen molar-refractivity contribution in [3.8, 4) is 0 Å². The van der Waals surface area contributed by atoms with Gasteiger partial charge < -0.3 is 5.32 Å². The van der Waals surface area contributed by atoms with Crippen LogP contribution in [0.3, 0.4) is 0 Å². The Hall–Kier alpha value is -0.830. The van der Waals surface area contributed by atoms with E-state index in [1.54, 1.807) is 0 Å². The Morgan fingerprint density at radius 3 is 3.25 bits per heavy atom. The molecule has 1 fully saturated rings. The molecule has 12 heavy (non-hydrogen) atoms. The van der Waals surface area contributed by atoms with Gasteiger partial charge in [0.05, 0.1) is 5.69 Å². The maximum Gasteiger partial charge on any atom is 0.0688 e. The van der Waals surface area contributed by atoms with Crippen LogP contribution < -0.4 is 5.32 Å². The molecule has 0 radical (unpaired) electrons. The molecule has 3 heterocycles. The average molecular weight is 163 g/mol. The zero-order chi connectivity index (χ0) is 8.13. The van der Waals surface area contributed by atoms with E-state index in [0.29, 0.717) is 12.1 Å². The van der Waals surface area contributed by atoms with Crippen molar-refractivity contribution in [1.82, 2.24) is 15.5 Å². The predicted octanol–water partition coefficient (Wildman–Crippen LogP) is 1.07. The molecule has 0 saturated carbocycles. The smallest absolute Gasteiger partial charge is 0.0688 e. The summed E-state index contributed by atoms with van der Waals surface area (Å²) in [6.07, 6.45) is 3.73. The quantitative estimate of drug-likeness (QED) is 0.600. The van der Waals surface area contributed by atoms with Crippen LogP contribution in [0.2, 0.25) is 0 Å². The Morgan fingerprint density at radius 2 is 2.33 bits per heavy atom. The molecule has 2 atom stereocenters. The Balaban J connectivity index is 2.15. The summed E-state index contributed by atoms with van der Waals surface area (Å²) in [5.74, 6) is 0. The highest BCUT2D eigenvalue weighted by Gasteiger charge is 2.34. The minimum atomic E-state index is 0.595. The van der Waals surface area contributed by atoms with E-state index < -0.39 is 0 Å². The molecule has 0 aromatic carbocycles. The third-order valence-corrected chi connectivity index (χ3v) is 3.10. The van der Waals surface area contributed by atoms with Gasteiger partial charge >= 0.3 is 0 Å². The minimum Gasteiger partial charge on any atom is -0.307 e. The first-order valence-corrected chi connectivity index (χ1v) is 4.64. The molecule has 2 N–H and O–H groups in total. The van der Waals surface area contributed by atoms with Crippen molar-refractivity contribution in [2.45, 2.75) is 38.3 Å². The van der Waals surface area contributed by atoms with Crippen molar-refractivity contribution < 1.29 is 0 Å². The first-order valence-electron chi connectivity index (χ1n) is 4.64. The molecule has 1 saturated heterocycles. The van der Waals surface area contributed by atoms with E-state index in [4.69, 9.17) is 0 Å². The molecular weight excluding hydrogens is 150 g/mol.